The Morgan fingerprint density at radius 3 is 2.79 bits per heavy atom. The Morgan fingerprint density at radius 2 is 2.05 bits per heavy atom. The monoisotopic (exact) mass is 252 g/mol. The van der Waals surface area contributed by atoms with Crippen molar-refractivity contribution >= 4 is 5.69 Å². The molecule has 5 heteroatoms. The molecule has 0 amide bonds. The number of pyridine rings is 1. The van der Waals surface area contributed by atoms with Crippen LogP contribution >= 0.6 is 0 Å². The van der Waals surface area contributed by atoms with Crippen LogP contribution in [0.5, 0.6) is 0 Å². The van der Waals surface area contributed by atoms with Gasteiger partial charge < -0.3 is 5.32 Å². The molecular formula is C14H9FN4. The summed E-state index contributed by atoms with van der Waals surface area (Å²) >= 11 is 0. The van der Waals surface area contributed by atoms with Gasteiger partial charge in [-0.25, -0.2) is 9.37 Å². The molecule has 0 spiro atoms. The largest absolute Gasteiger partial charge is 0.381 e. The topological polar surface area (TPSA) is 72.5 Å². The minimum absolute atomic E-state index is 0.0170. The second kappa shape index (κ2) is 5.61. The van der Waals surface area contributed by atoms with E-state index in [2.05, 4.69) is 10.3 Å². The van der Waals surface area contributed by atoms with Crippen LogP contribution in [-0.2, 0) is 6.54 Å². The van der Waals surface area contributed by atoms with Crippen molar-refractivity contribution < 1.29 is 4.39 Å². The van der Waals surface area contributed by atoms with E-state index in [1.807, 2.05) is 6.07 Å². The molecule has 0 saturated carbocycles. The van der Waals surface area contributed by atoms with Crippen LogP contribution in [0.15, 0.2) is 36.5 Å². The van der Waals surface area contributed by atoms with Gasteiger partial charge in [-0.2, -0.15) is 10.5 Å². The van der Waals surface area contributed by atoms with Gasteiger partial charge in [0.2, 0.25) is 0 Å². The third-order valence-electron chi connectivity index (χ3n) is 2.57. The summed E-state index contributed by atoms with van der Waals surface area (Å²) in [6, 6.07) is 11.5. The predicted octanol–water partition coefficient (Wildman–Crippen LogP) is 2.58. The molecule has 0 atom stereocenters. The summed E-state index contributed by atoms with van der Waals surface area (Å²) in [6.45, 7) is 0.382. The van der Waals surface area contributed by atoms with Gasteiger partial charge >= 0.3 is 0 Å². The Hall–Kier alpha value is -2.92. The van der Waals surface area contributed by atoms with Crippen molar-refractivity contribution in [3.05, 3.63) is 59.2 Å². The standard InChI is InChI=1S/C14H9FN4/c15-13-4-3-12(6-11(13)7-16)19-9-10-2-1-5-18-14(10)8-17/h1-6,19H,9H2. The number of anilines is 1. The van der Waals surface area contributed by atoms with Crippen LogP contribution in [0.4, 0.5) is 10.1 Å². The summed E-state index contributed by atoms with van der Waals surface area (Å²) in [6.07, 6.45) is 1.55. The quantitative estimate of drug-likeness (QED) is 0.911. The number of benzene rings is 1. The second-order valence-electron chi connectivity index (χ2n) is 3.78. The van der Waals surface area contributed by atoms with E-state index >= 15 is 0 Å². The zero-order chi connectivity index (χ0) is 13.7. The smallest absolute Gasteiger partial charge is 0.145 e. The lowest BCUT2D eigenvalue weighted by molar-refractivity contribution is 0.624. The maximum atomic E-state index is 13.1. The van der Waals surface area contributed by atoms with Gasteiger partial charge in [-0.05, 0) is 24.3 Å². The van der Waals surface area contributed by atoms with Crippen LogP contribution in [0.3, 0.4) is 0 Å². The molecule has 0 fully saturated rings. The van der Waals surface area contributed by atoms with Crippen molar-refractivity contribution in [1.29, 1.82) is 10.5 Å². The van der Waals surface area contributed by atoms with Crippen molar-refractivity contribution in [3.8, 4) is 12.1 Å². The predicted molar refractivity (Wildman–Crippen MR) is 67.4 cm³/mol. The van der Waals surface area contributed by atoms with Crippen molar-refractivity contribution in [3.63, 3.8) is 0 Å². The fraction of sp³-hybridized carbons (Fsp3) is 0.0714. The first-order chi connectivity index (χ1) is 9.24. The lowest BCUT2D eigenvalue weighted by Gasteiger charge is -2.07. The third-order valence-corrected chi connectivity index (χ3v) is 2.57. The van der Waals surface area contributed by atoms with Crippen molar-refractivity contribution in [2.75, 3.05) is 5.32 Å². The SMILES string of the molecule is N#Cc1cc(NCc2cccnc2C#N)ccc1F. The Labute approximate surface area is 109 Å². The first kappa shape index (κ1) is 12.5. The number of nitrogens with zero attached hydrogens (tertiary/aromatic N) is 3. The van der Waals surface area contributed by atoms with E-state index in [9.17, 15) is 4.39 Å². The maximum Gasteiger partial charge on any atom is 0.145 e. The molecule has 0 aliphatic rings. The van der Waals surface area contributed by atoms with Gasteiger partial charge in [-0.3, -0.25) is 0 Å². The van der Waals surface area contributed by atoms with Gasteiger partial charge in [-0.1, -0.05) is 6.07 Å². The van der Waals surface area contributed by atoms with E-state index in [-0.39, 0.29) is 5.56 Å². The summed E-state index contributed by atoms with van der Waals surface area (Å²) in [5, 5.41) is 20.7. The van der Waals surface area contributed by atoms with E-state index in [0.717, 1.165) is 5.56 Å². The van der Waals surface area contributed by atoms with E-state index in [4.69, 9.17) is 10.5 Å². The van der Waals surface area contributed by atoms with Crippen LogP contribution in [0.25, 0.3) is 0 Å². The number of nitriles is 2. The van der Waals surface area contributed by atoms with E-state index < -0.39 is 5.82 Å². The highest BCUT2D eigenvalue weighted by Crippen LogP contribution is 2.15. The third kappa shape index (κ3) is 2.85. The molecule has 0 bridgehead atoms. The number of nitrogens with one attached hydrogen (secondary N) is 1. The molecule has 1 aromatic heterocycles. The molecule has 19 heavy (non-hydrogen) atoms. The Balaban J connectivity index is 2.16. The van der Waals surface area contributed by atoms with Crippen LogP contribution in [0.2, 0.25) is 0 Å². The number of hydrogen-bond donors (Lipinski definition) is 1. The van der Waals surface area contributed by atoms with Gasteiger partial charge in [0.15, 0.2) is 0 Å². The summed E-state index contributed by atoms with van der Waals surface area (Å²) < 4.78 is 13.1. The Morgan fingerprint density at radius 1 is 1.21 bits per heavy atom. The van der Waals surface area contributed by atoms with Crippen molar-refractivity contribution in [1.82, 2.24) is 4.98 Å². The normalized spacial score (nSPS) is 9.42. The van der Waals surface area contributed by atoms with Crippen molar-refractivity contribution in [2.45, 2.75) is 6.54 Å². The number of rotatable bonds is 3. The first-order valence-electron chi connectivity index (χ1n) is 5.52. The molecule has 0 radical (unpaired) electrons. The molecule has 0 aliphatic heterocycles. The number of aromatic nitrogens is 1. The Bertz CT molecular complexity index is 683. The van der Waals surface area contributed by atoms with E-state index in [1.54, 1.807) is 30.5 Å². The first-order valence-corrected chi connectivity index (χ1v) is 5.52. The summed E-state index contributed by atoms with van der Waals surface area (Å²) in [7, 11) is 0. The van der Waals surface area contributed by atoms with E-state index in [1.165, 1.54) is 12.1 Å². The van der Waals surface area contributed by atoms with Crippen LogP contribution in [0, 0.1) is 28.5 Å². The summed E-state index contributed by atoms with van der Waals surface area (Å²) in [4.78, 5) is 3.94. The average Bonchev–Trinajstić information content (AvgIpc) is 2.46. The minimum Gasteiger partial charge on any atom is -0.381 e. The molecule has 0 unspecified atom stereocenters. The molecular weight excluding hydrogens is 243 g/mol. The zero-order valence-electron chi connectivity index (χ0n) is 9.89. The second-order valence-corrected chi connectivity index (χ2v) is 3.78. The fourth-order valence-electron chi connectivity index (χ4n) is 1.60. The molecule has 1 aromatic carbocycles. The van der Waals surface area contributed by atoms with Crippen molar-refractivity contribution in [2.24, 2.45) is 0 Å². The number of hydrogen-bond acceptors (Lipinski definition) is 4. The summed E-state index contributed by atoms with van der Waals surface area (Å²) in [5.41, 5.74) is 1.69. The lowest BCUT2D eigenvalue weighted by atomic mass is 10.1. The molecule has 1 N–H and O–H groups in total. The highest BCUT2D eigenvalue weighted by Gasteiger charge is 2.04. The molecule has 4 nitrogen and oxygen atoms in total. The fourth-order valence-corrected chi connectivity index (χ4v) is 1.60. The highest BCUT2D eigenvalue weighted by molar-refractivity contribution is 5.50. The van der Waals surface area contributed by atoms with Gasteiger partial charge in [0, 0.05) is 24.0 Å². The molecule has 2 aromatic rings. The van der Waals surface area contributed by atoms with E-state index in [0.29, 0.717) is 17.9 Å². The van der Waals surface area contributed by atoms with Gasteiger partial charge in [-0.15, -0.1) is 0 Å². The molecule has 2 rings (SSSR count). The maximum absolute atomic E-state index is 13.1. The molecule has 0 saturated heterocycles. The van der Waals surface area contributed by atoms with Gasteiger partial charge in [0.25, 0.3) is 0 Å². The minimum atomic E-state index is -0.549. The van der Waals surface area contributed by atoms with Crippen LogP contribution in [0.1, 0.15) is 16.8 Å². The Kier molecular flexibility index (Phi) is 3.70. The average molecular weight is 252 g/mol. The number of halogens is 1. The molecule has 0 aliphatic carbocycles. The summed E-state index contributed by atoms with van der Waals surface area (Å²) in [5.74, 6) is -0.549. The van der Waals surface area contributed by atoms with Crippen LogP contribution in [-0.4, -0.2) is 4.98 Å². The lowest BCUT2D eigenvalue weighted by Crippen LogP contribution is -2.03. The highest BCUT2D eigenvalue weighted by atomic mass is 19.1. The van der Waals surface area contributed by atoms with Crippen LogP contribution < -0.4 is 5.32 Å². The molecule has 1 heterocycles. The zero-order valence-corrected chi connectivity index (χ0v) is 9.89. The van der Waals surface area contributed by atoms with Gasteiger partial charge in [0.05, 0.1) is 5.56 Å². The molecule has 92 valence electrons. The van der Waals surface area contributed by atoms with Gasteiger partial charge in [0.1, 0.15) is 23.6 Å².